The second kappa shape index (κ2) is 7.55. The third-order valence-electron chi connectivity index (χ3n) is 5.00. The highest BCUT2D eigenvalue weighted by atomic mass is 35.5. The van der Waals surface area contributed by atoms with E-state index in [2.05, 4.69) is 15.0 Å². The molecule has 1 aromatic carbocycles. The Hall–Kier alpha value is -3.00. The maximum atomic E-state index is 12.8. The number of hydrogen-bond acceptors (Lipinski definition) is 6. The molecule has 0 bridgehead atoms. The second-order valence-corrected chi connectivity index (χ2v) is 7.03. The van der Waals surface area contributed by atoms with Crippen molar-refractivity contribution in [3.63, 3.8) is 0 Å². The lowest BCUT2D eigenvalue weighted by molar-refractivity contribution is -0.132. The number of nitrogens with two attached hydrogens (primary N) is 1. The van der Waals surface area contributed by atoms with Gasteiger partial charge in [-0.2, -0.15) is 5.10 Å². The average molecular weight is 401 g/mol. The van der Waals surface area contributed by atoms with Crippen LogP contribution in [0.3, 0.4) is 0 Å². The number of carbonyl (C=O) groups is 1. The molecule has 0 saturated carbocycles. The Bertz CT molecular complexity index is 1010. The number of nitrogen functional groups attached to an aromatic ring is 1. The topological polar surface area (TPSA) is 89.5 Å². The van der Waals surface area contributed by atoms with Gasteiger partial charge < -0.3 is 20.3 Å². The van der Waals surface area contributed by atoms with Gasteiger partial charge in [-0.15, -0.1) is 0 Å². The van der Waals surface area contributed by atoms with E-state index in [4.69, 9.17) is 22.1 Å². The Labute approximate surface area is 167 Å². The summed E-state index contributed by atoms with van der Waals surface area (Å²) in [5.41, 5.74) is 7.68. The number of ether oxygens (including phenoxy) is 1. The molecule has 9 heteroatoms. The molecule has 1 amide bonds. The number of aromatic nitrogens is 3. The summed E-state index contributed by atoms with van der Waals surface area (Å²) in [4.78, 5) is 20.9. The first kappa shape index (κ1) is 18.4. The molecule has 4 rings (SSSR count). The fraction of sp³-hybridized carbons (Fsp3) is 0.316. The maximum Gasteiger partial charge on any atom is 0.244 e. The lowest BCUT2D eigenvalue weighted by Gasteiger charge is -2.36. The minimum atomic E-state index is 0.0154. The van der Waals surface area contributed by atoms with Crippen LogP contribution in [0.5, 0.6) is 5.75 Å². The van der Waals surface area contributed by atoms with Crippen LogP contribution in [-0.2, 0) is 11.3 Å². The van der Waals surface area contributed by atoms with Crippen molar-refractivity contribution in [3.05, 3.63) is 41.7 Å². The summed E-state index contributed by atoms with van der Waals surface area (Å²) >= 11 is 6.10. The Kier molecular flexibility index (Phi) is 4.95. The number of piperazine rings is 1. The van der Waals surface area contributed by atoms with E-state index in [-0.39, 0.29) is 12.5 Å². The summed E-state index contributed by atoms with van der Waals surface area (Å²) in [5.74, 6) is 1.04. The molecule has 146 valence electrons. The predicted molar refractivity (Wildman–Crippen MR) is 109 cm³/mol. The molecule has 8 nitrogen and oxygen atoms in total. The van der Waals surface area contributed by atoms with Crippen molar-refractivity contribution in [3.8, 4) is 5.75 Å². The average Bonchev–Trinajstić information content (AvgIpc) is 3.12. The first-order valence-electron chi connectivity index (χ1n) is 8.99. The van der Waals surface area contributed by atoms with Crippen molar-refractivity contribution in [2.24, 2.45) is 0 Å². The third kappa shape index (κ3) is 3.43. The van der Waals surface area contributed by atoms with E-state index in [0.717, 1.165) is 24.2 Å². The Morgan fingerprint density at radius 2 is 2.04 bits per heavy atom. The molecule has 2 aromatic heterocycles. The van der Waals surface area contributed by atoms with E-state index in [9.17, 15) is 4.79 Å². The number of amides is 1. The van der Waals surface area contributed by atoms with Gasteiger partial charge in [-0.05, 0) is 18.2 Å². The molecule has 1 aliphatic heterocycles. The SMILES string of the molecule is COc1cc(N2CCN(C(=O)Cn3ncc4ccnc(N)c43)CC2)ccc1Cl. The van der Waals surface area contributed by atoms with Gasteiger partial charge in [-0.1, -0.05) is 11.6 Å². The molecule has 3 heterocycles. The number of fused-ring (bicyclic) bond motifs is 1. The van der Waals surface area contributed by atoms with Crippen LogP contribution in [0.2, 0.25) is 5.02 Å². The van der Waals surface area contributed by atoms with Crippen molar-refractivity contribution < 1.29 is 9.53 Å². The normalized spacial score (nSPS) is 14.5. The monoisotopic (exact) mass is 400 g/mol. The van der Waals surface area contributed by atoms with Gasteiger partial charge in [-0.25, -0.2) is 4.98 Å². The number of methoxy groups -OCH3 is 1. The van der Waals surface area contributed by atoms with Crippen molar-refractivity contribution >= 4 is 39.9 Å². The molecule has 3 aromatic rings. The van der Waals surface area contributed by atoms with E-state index < -0.39 is 0 Å². The number of hydrogen-bond donors (Lipinski definition) is 1. The first-order chi connectivity index (χ1) is 13.6. The van der Waals surface area contributed by atoms with Crippen molar-refractivity contribution in [2.45, 2.75) is 6.54 Å². The molecule has 0 aliphatic carbocycles. The number of rotatable bonds is 4. The summed E-state index contributed by atoms with van der Waals surface area (Å²) in [7, 11) is 1.60. The Morgan fingerprint density at radius 1 is 1.25 bits per heavy atom. The van der Waals surface area contributed by atoms with Crippen LogP contribution in [0.25, 0.3) is 10.9 Å². The summed E-state index contributed by atoms with van der Waals surface area (Å²) in [6.45, 7) is 2.89. The summed E-state index contributed by atoms with van der Waals surface area (Å²) in [6.07, 6.45) is 3.34. The molecule has 0 spiro atoms. The zero-order valence-electron chi connectivity index (χ0n) is 15.5. The number of pyridine rings is 1. The second-order valence-electron chi connectivity index (χ2n) is 6.62. The highest BCUT2D eigenvalue weighted by Gasteiger charge is 2.23. The minimum Gasteiger partial charge on any atom is -0.495 e. The smallest absolute Gasteiger partial charge is 0.244 e. The van der Waals surface area contributed by atoms with Gasteiger partial charge in [0.05, 0.1) is 18.3 Å². The highest BCUT2D eigenvalue weighted by molar-refractivity contribution is 6.32. The molecular formula is C19H21ClN6O2. The molecular weight excluding hydrogens is 380 g/mol. The molecule has 0 unspecified atom stereocenters. The molecule has 1 fully saturated rings. The minimum absolute atomic E-state index is 0.0154. The predicted octanol–water partition coefficient (Wildman–Crippen LogP) is 2.02. The van der Waals surface area contributed by atoms with Gasteiger partial charge in [-0.3, -0.25) is 9.48 Å². The number of anilines is 2. The van der Waals surface area contributed by atoms with Crippen molar-refractivity contribution in [1.82, 2.24) is 19.7 Å². The van der Waals surface area contributed by atoms with Gasteiger partial charge in [0, 0.05) is 49.5 Å². The number of carbonyl (C=O) groups excluding carboxylic acids is 1. The quantitative estimate of drug-likeness (QED) is 0.720. The van der Waals surface area contributed by atoms with Gasteiger partial charge in [0.1, 0.15) is 23.6 Å². The Balaban J connectivity index is 1.41. The van der Waals surface area contributed by atoms with E-state index in [0.29, 0.717) is 35.2 Å². The van der Waals surface area contributed by atoms with Gasteiger partial charge in [0.2, 0.25) is 5.91 Å². The van der Waals surface area contributed by atoms with E-state index >= 15 is 0 Å². The van der Waals surface area contributed by atoms with Gasteiger partial charge >= 0.3 is 0 Å². The third-order valence-corrected chi connectivity index (χ3v) is 5.31. The van der Waals surface area contributed by atoms with Crippen LogP contribution in [0.1, 0.15) is 0 Å². The van der Waals surface area contributed by atoms with E-state index in [1.54, 1.807) is 24.2 Å². The van der Waals surface area contributed by atoms with Crippen LogP contribution in [0.15, 0.2) is 36.7 Å². The number of halogens is 1. The van der Waals surface area contributed by atoms with Crippen molar-refractivity contribution in [1.29, 1.82) is 0 Å². The van der Waals surface area contributed by atoms with Crippen LogP contribution >= 0.6 is 11.6 Å². The fourth-order valence-corrected chi connectivity index (χ4v) is 3.66. The zero-order valence-corrected chi connectivity index (χ0v) is 16.3. The molecule has 1 saturated heterocycles. The summed E-state index contributed by atoms with van der Waals surface area (Å²) < 4.78 is 6.91. The number of nitrogens with zero attached hydrogens (tertiary/aromatic N) is 5. The van der Waals surface area contributed by atoms with Crippen LogP contribution in [-0.4, -0.2) is 58.9 Å². The van der Waals surface area contributed by atoms with Gasteiger partial charge in [0.15, 0.2) is 0 Å². The maximum absolute atomic E-state index is 12.8. The van der Waals surface area contributed by atoms with E-state index in [1.165, 1.54) is 0 Å². The largest absolute Gasteiger partial charge is 0.495 e. The lowest BCUT2D eigenvalue weighted by atomic mass is 10.2. The van der Waals surface area contributed by atoms with Crippen LogP contribution < -0.4 is 15.4 Å². The molecule has 0 radical (unpaired) electrons. The summed E-state index contributed by atoms with van der Waals surface area (Å²) in [6, 6.07) is 7.55. The summed E-state index contributed by atoms with van der Waals surface area (Å²) in [5, 5.41) is 5.75. The standard InChI is InChI=1S/C19H21ClN6O2/c1-28-16-10-14(2-3-15(16)20)24-6-8-25(9-7-24)17(27)12-26-18-13(11-23-26)4-5-22-19(18)21/h2-5,10-11H,6-9,12H2,1H3,(H2,21,22). The fourth-order valence-electron chi connectivity index (χ4n) is 3.47. The first-order valence-corrected chi connectivity index (χ1v) is 9.37. The van der Waals surface area contributed by atoms with Crippen molar-refractivity contribution in [2.75, 3.05) is 43.9 Å². The zero-order chi connectivity index (χ0) is 19.7. The molecule has 0 atom stereocenters. The molecule has 28 heavy (non-hydrogen) atoms. The van der Waals surface area contributed by atoms with Gasteiger partial charge in [0.25, 0.3) is 0 Å². The number of benzene rings is 1. The Morgan fingerprint density at radius 3 is 2.79 bits per heavy atom. The lowest BCUT2D eigenvalue weighted by Crippen LogP contribution is -2.49. The van der Waals surface area contributed by atoms with E-state index in [1.807, 2.05) is 29.2 Å². The van der Waals surface area contributed by atoms with Crippen LogP contribution in [0, 0.1) is 0 Å². The molecule has 2 N–H and O–H groups in total. The highest BCUT2D eigenvalue weighted by Crippen LogP contribution is 2.29. The van der Waals surface area contributed by atoms with Crippen LogP contribution in [0.4, 0.5) is 11.5 Å². The molecule has 1 aliphatic rings.